The van der Waals surface area contributed by atoms with E-state index in [2.05, 4.69) is 24.1 Å². The number of likely N-dealkylation sites (tertiary alicyclic amines) is 1. The summed E-state index contributed by atoms with van der Waals surface area (Å²) in [6.45, 7) is 10.6. The first-order chi connectivity index (χ1) is 6.36. The molecule has 0 amide bonds. The molecule has 1 heterocycles. The van der Waals surface area contributed by atoms with Crippen molar-refractivity contribution in [2.75, 3.05) is 32.7 Å². The fraction of sp³-hybridized carbons (Fsp3) is 1.00. The van der Waals surface area contributed by atoms with E-state index < -0.39 is 0 Å². The van der Waals surface area contributed by atoms with Gasteiger partial charge in [-0.1, -0.05) is 20.3 Å². The van der Waals surface area contributed by atoms with Gasteiger partial charge in [0.2, 0.25) is 0 Å². The second-order valence-corrected chi connectivity index (χ2v) is 4.05. The van der Waals surface area contributed by atoms with Crippen LogP contribution in [0, 0.1) is 5.92 Å². The van der Waals surface area contributed by atoms with Gasteiger partial charge >= 0.3 is 0 Å². The average molecular weight is 186 g/mol. The molecule has 1 aliphatic heterocycles. The fourth-order valence-electron chi connectivity index (χ4n) is 2.03. The van der Waals surface area contributed by atoms with Gasteiger partial charge in [0.1, 0.15) is 0 Å². The number of hydrogen-bond acceptors (Lipinski definition) is 2. The highest BCUT2D eigenvalue weighted by atomic mass is 15.1. The highest BCUT2D eigenvalue weighted by Gasteiger charge is 2.16. The van der Waals surface area contributed by atoms with Crippen molar-refractivity contribution in [2.24, 2.45) is 5.92 Å². The molecule has 0 bridgehead atoms. The van der Waals surface area contributed by atoms with Crippen LogP contribution in [-0.2, 0) is 0 Å². The average Bonchev–Trinajstić information content (AvgIpc) is 2.19. The molecule has 0 aromatic rings. The summed E-state index contributed by atoms with van der Waals surface area (Å²) in [5, 5.41) is 3.38. The van der Waals surface area contributed by atoms with E-state index in [-0.39, 0.29) is 1.43 Å². The first-order valence-corrected chi connectivity index (χ1v) is 5.79. The Morgan fingerprint density at radius 3 is 2.54 bits per heavy atom. The second kappa shape index (κ2) is 6.39. The lowest BCUT2D eigenvalue weighted by molar-refractivity contribution is 0.183. The second-order valence-electron chi connectivity index (χ2n) is 4.05. The van der Waals surface area contributed by atoms with Gasteiger partial charge in [0.15, 0.2) is 0 Å². The third kappa shape index (κ3) is 4.10. The minimum absolute atomic E-state index is 0. The number of nitrogens with one attached hydrogen (secondary N) is 1. The summed E-state index contributed by atoms with van der Waals surface area (Å²) < 4.78 is 0. The Morgan fingerprint density at radius 1 is 1.31 bits per heavy atom. The van der Waals surface area contributed by atoms with Crippen molar-refractivity contribution >= 4 is 0 Å². The van der Waals surface area contributed by atoms with Crippen LogP contribution in [0.3, 0.4) is 0 Å². The van der Waals surface area contributed by atoms with E-state index in [0.717, 1.165) is 19.0 Å². The van der Waals surface area contributed by atoms with Crippen LogP contribution in [0.15, 0.2) is 0 Å². The Labute approximate surface area is 84.2 Å². The van der Waals surface area contributed by atoms with E-state index >= 15 is 0 Å². The summed E-state index contributed by atoms with van der Waals surface area (Å²) in [4.78, 5) is 2.59. The Kier molecular flexibility index (Phi) is 5.40. The van der Waals surface area contributed by atoms with Crippen molar-refractivity contribution in [3.05, 3.63) is 0 Å². The molecule has 0 saturated carbocycles. The van der Waals surface area contributed by atoms with Gasteiger partial charge in [-0.2, -0.15) is 0 Å². The van der Waals surface area contributed by atoms with Gasteiger partial charge in [0.05, 0.1) is 0 Å². The standard InChI is InChI=1S/C11H24N2.H2/c1-3-11-5-8-13(9-6-11)10-7-12-4-2;/h11-12H,3-10H2,1-2H3;1H. The molecule has 0 aliphatic carbocycles. The summed E-state index contributed by atoms with van der Waals surface area (Å²) in [5.41, 5.74) is 0. The maximum Gasteiger partial charge on any atom is 0.0107 e. The molecule has 2 heteroatoms. The van der Waals surface area contributed by atoms with E-state index in [9.17, 15) is 0 Å². The molecule has 2 nitrogen and oxygen atoms in total. The zero-order valence-electron chi connectivity index (χ0n) is 9.18. The van der Waals surface area contributed by atoms with Gasteiger partial charge in [-0.25, -0.2) is 0 Å². The summed E-state index contributed by atoms with van der Waals surface area (Å²) in [6, 6.07) is 0. The largest absolute Gasteiger partial charge is 0.316 e. The molecule has 1 fully saturated rings. The molecule has 1 aliphatic rings. The summed E-state index contributed by atoms with van der Waals surface area (Å²) >= 11 is 0. The Balaban J connectivity index is 0.00000169. The molecule has 1 rings (SSSR count). The van der Waals surface area contributed by atoms with E-state index in [1.165, 1.54) is 38.9 Å². The number of nitrogens with zero attached hydrogens (tertiary/aromatic N) is 1. The van der Waals surface area contributed by atoms with Crippen LogP contribution in [0.1, 0.15) is 34.5 Å². The molecule has 1 N–H and O–H groups in total. The summed E-state index contributed by atoms with van der Waals surface area (Å²) in [6.07, 6.45) is 4.21. The van der Waals surface area contributed by atoms with E-state index in [1.807, 2.05) is 0 Å². The van der Waals surface area contributed by atoms with Crippen LogP contribution in [0.2, 0.25) is 0 Å². The van der Waals surface area contributed by atoms with Gasteiger partial charge in [0, 0.05) is 14.5 Å². The Bertz CT molecular complexity index is 120. The lowest BCUT2D eigenvalue weighted by Crippen LogP contribution is -2.38. The van der Waals surface area contributed by atoms with Crippen LogP contribution < -0.4 is 5.32 Å². The van der Waals surface area contributed by atoms with E-state index in [1.54, 1.807) is 0 Å². The number of piperidine rings is 1. The van der Waals surface area contributed by atoms with Gasteiger partial charge in [-0.3, -0.25) is 0 Å². The monoisotopic (exact) mass is 186 g/mol. The summed E-state index contributed by atoms with van der Waals surface area (Å²) in [7, 11) is 0. The predicted octanol–water partition coefficient (Wildman–Crippen LogP) is 1.96. The zero-order valence-corrected chi connectivity index (χ0v) is 9.18. The Hall–Kier alpha value is -0.0800. The van der Waals surface area contributed by atoms with Crippen molar-refractivity contribution in [1.29, 1.82) is 0 Å². The van der Waals surface area contributed by atoms with Crippen LogP contribution in [0.5, 0.6) is 0 Å². The van der Waals surface area contributed by atoms with Crippen molar-refractivity contribution in [1.82, 2.24) is 10.2 Å². The maximum atomic E-state index is 3.38. The lowest BCUT2D eigenvalue weighted by Gasteiger charge is -2.31. The highest BCUT2D eigenvalue weighted by molar-refractivity contribution is 4.71. The quantitative estimate of drug-likeness (QED) is 0.660. The smallest absolute Gasteiger partial charge is 0.0107 e. The van der Waals surface area contributed by atoms with Crippen LogP contribution >= 0.6 is 0 Å². The molecule has 13 heavy (non-hydrogen) atoms. The number of hydrogen-bond donors (Lipinski definition) is 1. The van der Waals surface area contributed by atoms with Crippen molar-refractivity contribution in [3.63, 3.8) is 0 Å². The molecule has 0 radical (unpaired) electrons. The van der Waals surface area contributed by atoms with Crippen LogP contribution in [-0.4, -0.2) is 37.6 Å². The predicted molar refractivity (Wildman–Crippen MR) is 60.1 cm³/mol. The lowest BCUT2D eigenvalue weighted by atomic mass is 9.94. The van der Waals surface area contributed by atoms with Gasteiger partial charge in [-0.05, 0) is 38.4 Å². The molecule has 0 atom stereocenters. The third-order valence-corrected chi connectivity index (χ3v) is 3.14. The van der Waals surface area contributed by atoms with Gasteiger partial charge in [0.25, 0.3) is 0 Å². The number of likely N-dealkylation sites (N-methyl/N-ethyl adjacent to an activating group) is 1. The molecule has 80 valence electrons. The first-order valence-electron chi connectivity index (χ1n) is 5.79. The van der Waals surface area contributed by atoms with E-state index in [4.69, 9.17) is 0 Å². The first kappa shape index (κ1) is 11.0. The number of rotatable bonds is 5. The van der Waals surface area contributed by atoms with Crippen LogP contribution in [0.4, 0.5) is 0 Å². The topological polar surface area (TPSA) is 15.3 Å². The van der Waals surface area contributed by atoms with Gasteiger partial charge < -0.3 is 10.2 Å². The van der Waals surface area contributed by atoms with Crippen molar-refractivity contribution in [3.8, 4) is 0 Å². The molecular formula is C11H26N2. The Morgan fingerprint density at radius 2 is 2.00 bits per heavy atom. The molecular weight excluding hydrogens is 160 g/mol. The van der Waals surface area contributed by atoms with E-state index in [0.29, 0.717) is 0 Å². The molecule has 0 spiro atoms. The highest BCUT2D eigenvalue weighted by Crippen LogP contribution is 2.19. The van der Waals surface area contributed by atoms with Crippen molar-refractivity contribution < 1.29 is 1.43 Å². The third-order valence-electron chi connectivity index (χ3n) is 3.14. The normalized spacial score (nSPS) is 20.8. The SMILES string of the molecule is CCNCCN1CCC(CC)CC1.[HH]. The van der Waals surface area contributed by atoms with Crippen LogP contribution in [0.25, 0.3) is 0 Å². The zero-order chi connectivity index (χ0) is 9.52. The fourth-order valence-corrected chi connectivity index (χ4v) is 2.03. The molecule has 0 unspecified atom stereocenters. The molecule has 0 aromatic carbocycles. The maximum absolute atomic E-state index is 3.38. The molecule has 1 saturated heterocycles. The van der Waals surface area contributed by atoms with Gasteiger partial charge in [-0.15, -0.1) is 0 Å². The van der Waals surface area contributed by atoms with Crippen molar-refractivity contribution in [2.45, 2.75) is 33.1 Å². The minimum atomic E-state index is 0. The summed E-state index contributed by atoms with van der Waals surface area (Å²) in [5.74, 6) is 1.01. The molecule has 0 aromatic heterocycles. The minimum Gasteiger partial charge on any atom is -0.316 e.